The van der Waals surface area contributed by atoms with Crippen molar-refractivity contribution < 1.29 is 36.6 Å². The highest BCUT2D eigenvalue weighted by Gasteiger charge is 2.47. The number of cyclic esters (lactones) is 1. The van der Waals surface area contributed by atoms with Gasteiger partial charge >= 0.3 is 12.1 Å². The zero-order valence-electron chi connectivity index (χ0n) is 21.4. The first-order valence-electron chi connectivity index (χ1n) is 12.3. The van der Waals surface area contributed by atoms with Crippen LogP contribution < -0.4 is 4.74 Å². The molecule has 0 N–H and O–H groups in total. The summed E-state index contributed by atoms with van der Waals surface area (Å²) in [5, 5.41) is 9.06. The molecule has 1 aromatic rings. The molecule has 2 atom stereocenters. The summed E-state index contributed by atoms with van der Waals surface area (Å²) >= 11 is 0. The molecule has 0 saturated carbocycles. The van der Waals surface area contributed by atoms with Crippen molar-refractivity contribution in [3.8, 4) is 11.8 Å². The number of allylic oxidation sites excluding steroid dienone is 2. The van der Waals surface area contributed by atoms with E-state index < -0.39 is 42.9 Å². The Hall–Kier alpha value is -3.39. The summed E-state index contributed by atoms with van der Waals surface area (Å²) in [4.78, 5) is 26.8. The number of hydrogen-bond acceptors (Lipinski definition) is 6. The Morgan fingerprint density at radius 3 is 2.66 bits per heavy atom. The molecular weight excluding hydrogens is 506 g/mol. The topological polar surface area (TPSA) is 82.9 Å². The number of hydrogen-bond donors (Lipinski definition) is 0. The molecule has 0 radical (unpaired) electrons. The molecule has 0 aliphatic carbocycles. The lowest BCUT2D eigenvalue weighted by Crippen LogP contribution is -2.60. The molecule has 2 fully saturated rings. The van der Waals surface area contributed by atoms with Crippen molar-refractivity contribution in [2.45, 2.75) is 44.8 Å². The third kappa shape index (κ3) is 6.92. The van der Waals surface area contributed by atoms with Crippen LogP contribution in [0.1, 0.15) is 37.3 Å². The van der Waals surface area contributed by atoms with Gasteiger partial charge in [-0.3, -0.25) is 9.69 Å². The number of piperazine rings is 1. The fraction of sp³-hybridized carbons (Fsp3) is 0.519. The fourth-order valence-electron chi connectivity index (χ4n) is 4.80. The van der Waals surface area contributed by atoms with Gasteiger partial charge in [-0.25, -0.2) is 9.18 Å². The van der Waals surface area contributed by atoms with Crippen molar-refractivity contribution >= 4 is 11.9 Å². The summed E-state index contributed by atoms with van der Waals surface area (Å²) in [6.07, 6.45) is -1.47. The summed E-state index contributed by atoms with van der Waals surface area (Å²) in [5.74, 6) is -1.86. The van der Waals surface area contributed by atoms with Gasteiger partial charge in [-0.15, -0.1) is 0 Å². The average Bonchev–Trinajstić information content (AvgIpc) is 3.20. The van der Waals surface area contributed by atoms with E-state index in [1.165, 1.54) is 18.1 Å². The van der Waals surface area contributed by atoms with Gasteiger partial charge in [-0.05, 0) is 44.9 Å². The number of amides is 1. The van der Waals surface area contributed by atoms with Crippen LogP contribution in [-0.4, -0.2) is 73.8 Å². The lowest BCUT2D eigenvalue weighted by molar-refractivity contribution is -0.198. The Balaban J connectivity index is 1.59. The SMILES string of the molecule is C=C1C(=O)OCC1CC(=CC)CCCN1CCN(C(=O)Cc2cc(OC)c(C#N)cc2F)CC1C(F)(F)F. The minimum absolute atomic E-state index is 0.0298. The highest BCUT2D eigenvalue weighted by Crippen LogP contribution is 2.31. The molecule has 7 nitrogen and oxygen atoms in total. The molecule has 2 aliphatic rings. The van der Waals surface area contributed by atoms with Gasteiger partial charge in [0.15, 0.2) is 0 Å². The molecule has 2 unspecified atom stereocenters. The molecule has 11 heteroatoms. The minimum atomic E-state index is -4.55. The Bertz CT molecular complexity index is 1140. The highest BCUT2D eigenvalue weighted by molar-refractivity contribution is 5.90. The number of nitrogens with zero attached hydrogens (tertiary/aromatic N) is 3. The van der Waals surface area contributed by atoms with E-state index >= 15 is 0 Å². The third-order valence-corrected chi connectivity index (χ3v) is 7.08. The van der Waals surface area contributed by atoms with Crippen LogP contribution in [0.5, 0.6) is 5.75 Å². The molecule has 2 saturated heterocycles. The second-order valence-corrected chi connectivity index (χ2v) is 9.44. The first kappa shape index (κ1) is 29.2. The van der Waals surface area contributed by atoms with Gasteiger partial charge in [-0.2, -0.15) is 18.4 Å². The van der Waals surface area contributed by atoms with Crippen LogP contribution in [-0.2, 0) is 20.7 Å². The summed E-state index contributed by atoms with van der Waals surface area (Å²) in [6, 6.07) is 2.13. The van der Waals surface area contributed by atoms with E-state index in [0.29, 0.717) is 24.8 Å². The number of methoxy groups -OCH3 is 1. The number of benzene rings is 1. The molecule has 0 aromatic heterocycles. The molecule has 0 spiro atoms. The summed E-state index contributed by atoms with van der Waals surface area (Å²) in [5.41, 5.74) is 1.35. The lowest BCUT2D eigenvalue weighted by atomic mass is 9.92. The molecule has 206 valence electrons. The van der Waals surface area contributed by atoms with E-state index in [2.05, 4.69) is 6.58 Å². The Labute approximate surface area is 219 Å². The van der Waals surface area contributed by atoms with Crippen molar-refractivity contribution in [1.82, 2.24) is 9.80 Å². The molecule has 0 bridgehead atoms. The fourth-order valence-corrected chi connectivity index (χ4v) is 4.80. The van der Waals surface area contributed by atoms with Crippen molar-refractivity contribution in [3.05, 3.63) is 52.9 Å². The lowest BCUT2D eigenvalue weighted by Gasteiger charge is -2.42. The first-order valence-corrected chi connectivity index (χ1v) is 12.3. The maximum Gasteiger partial charge on any atom is 0.405 e. The van der Waals surface area contributed by atoms with Crippen molar-refractivity contribution in [3.63, 3.8) is 0 Å². The molecule has 2 aliphatic heterocycles. The van der Waals surface area contributed by atoms with Gasteiger partial charge in [0.2, 0.25) is 5.91 Å². The van der Waals surface area contributed by atoms with Gasteiger partial charge in [0, 0.05) is 36.7 Å². The monoisotopic (exact) mass is 537 g/mol. The number of carbonyl (C=O) groups excluding carboxylic acids is 2. The molecule has 2 heterocycles. The van der Waals surface area contributed by atoms with Gasteiger partial charge in [0.05, 0.1) is 25.7 Å². The normalized spacial score (nSPS) is 20.9. The summed E-state index contributed by atoms with van der Waals surface area (Å²) in [7, 11) is 1.30. The Morgan fingerprint density at radius 2 is 2.08 bits per heavy atom. The molecular formula is C27H31F4N3O4. The number of halogens is 4. The molecule has 3 rings (SSSR count). The van der Waals surface area contributed by atoms with Crippen LogP contribution in [0, 0.1) is 23.1 Å². The van der Waals surface area contributed by atoms with E-state index in [1.54, 1.807) is 6.07 Å². The number of ether oxygens (including phenoxy) is 2. The Morgan fingerprint density at radius 1 is 1.34 bits per heavy atom. The maximum absolute atomic E-state index is 14.4. The summed E-state index contributed by atoms with van der Waals surface area (Å²) in [6.45, 7) is 5.62. The number of alkyl halides is 3. The average molecular weight is 538 g/mol. The minimum Gasteiger partial charge on any atom is -0.495 e. The largest absolute Gasteiger partial charge is 0.495 e. The maximum atomic E-state index is 14.4. The van der Waals surface area contributed by atoms with E-state index in [0.717, 1.165) is 16.5 Å². The van der Waals surface area contributed by atoms with E-state index in [4.69, 9.17) is 14.7 Å². The predicted octanol–water partition coefficient (Wildman–Crippen LogP) is 4.17. The van der Waals surface area contributed by atoms with Crippen LogP contribution in [0.4, 0.5) is 17.6 Å². The number of rotatable bonds is 9. The standard InChI is InChI=1S/C27H31F4N3O4/c1-4-18(10-21-16-38-26(36)17(21)2)6-5-7-33-8-9-34(15-24(33)27(29,30)31)25(35)13-19-12-23(37-3)20(14-32)11-22(19)28/h4,11-12,21,24H,2,5-10,13,15-16H2,1,3H3. The van der Waals surface area contributed by atoms with E-state index in [9.17, 15) is 27.2 Å². The second-order valence-electron chi connectivity index (χ2n) is 9.44. The summed E-state index contributed by atoms with van der Waals surface area (Å²) < 4.78 is 66.3. The van der Waals surface area contributed by atoms with Crippen molar-refractivity contribution in [2.75, 3.05) is 39.9 Å². The van der Waals surface area contributed by atoms with Crippen LogP contribution in [0.15, 0.2) is 35.9 Å². The molecule has 1 amide bonds. The molecule has 38 heavy (non-hydrogen) atoms. The van der Waals surface area contributed by atoms with Crippen LogP contribution >= 0.6 is 0 Å². The number of esters is 1. The van der Waals surface area contributed by atoms with Gasteiger partial charge < -0.3 is 14.4 Å². The predicted molar refractivity (Wildman–Crippen MR) is 131 cm³/mol. The first-order chi connectivity index (χ1) is 18.0. The van der Waals surface area contributed by atoms with Crippen LogP contribution in [0.2, 0.25) is 0 Å². The van der Waals surface area contributed by atoms with Crippen molar-refractivity contribution in [2.24, 2.45) is 5.92 Å². The molecule has 1 aromatic carbocycles. The zero-order chi connectivity index (χ0) is 28.0. The third-order valence-electron chi connectivity index (χ3n) is 7.08. The van der Waals surface area contributed by atoms with Gasteiger partial charge in [0.1, 0.15) is 23.7 Å². The Kier molecular flexibility index (Phi) is 9.55. The van der Waals surface area contributed by atoms with Gasteiger partial charge in [-0.1, -0.05) is 18.2 Å². The van der Waals surface area contributed by atoms with Gasteiger partial charge in [0.25, 0.3) is 0 Å². The zero-order valence-corrected chi connectivity index (χ0v) is 21.4. The van der Waals surface area contributed by atoms with Crippen molar-refractivity contribution in [1.29, 1.82) is 5.26 Å². The van der Waals surface area contributed by atoms with Crippen LogP contribution in [0.3, 0.4) is 0 Å². The quantitative estimate of drug-likeness (QED) is 0.204. The second kappa shape index (κ2) is 12.4. The van der Waals surface area contributed by atoms with Crippen LogP contribution in [0.25, 0.3) is 0 Å². The smallest absolute Gasteiger partial charge is 0.405 e. The highest BCUT2D eigenvalue weighted by atomic mass is 19.4. The van der Waals surface area contributed by atoms with E-state index in [-0.39, 0.29) is 49.0 Å². The van der Waals surface area contributed by atoms with E-state index in [1.807, 2.05) is 13.0 Å². The number of nitriles is 1. The number of carbonyl (C=O) groups is 2.